The molecule has 0 spiro atoms. The molecule has 0 heterocycles. The fourth-order valence-electron chi connectivity index (χ4n) is 1.29. The van der Waals surface area contributed by atoms with Crippen LogP contribution in [0.25, 0.3) is 0 Å². The number of rotatable bonds is 5. The Hall–Kier alpha value is -1.20. The number of carbonyl (C=O) groups is 1. The molecule has 1 rings (SSSR count). The standard InChI is InChI=1S/C12H17NO3S/c1-10(14)12(2,3)13-17(15,16)9-11-7-5-4-6-8-11/h4-8,13H,9H2,1-3H3. The SMILES string of the molecule is CC(=O)C(C)(C)NS(=O)(=O)Cc1ccccc1. The van der Waals surface area contributed by atoms with Crippen molar-refractivity contribution in [2.24, 2.45) is 0 Å². The molecule has 0 bridgehead atoms. The van der Waals surface area contributed by atoms with Crippen molar-refractivity contribution < 1.29 is 13.2 Å². The average molecular weight is 255 g/mol. The molecule has 0 fully saturated rings. The van der Waals surface area contributed by atoms with Crippen LogP contribution < -0.4 is 4.72 Å². The van der Waals surface area contributed by atoms with Gasteiger partial charge in [0.2, 0.25) is 10.0 Å². The minimum atomic E-state index is -3.51. The van der Waals surface area contributed by atoms with Crippen LogP contribution in [0.4, 0.5) is 0 Å². The van der Waals surface area contributed by atoms with Crippen LogP contribution in [-0.2, 0) is 20.6 Å². The lowest BCUT2D eigenvalue weighted by Gasteiger charge is -2.22. The molecule has 0 saturated carbocycles. The van der Waals surface area contributed by atoms with E-state index in [1.165, 1.54) is 6.92 Å². The second-order valence-corrected chi connectivity index (χ2v) is 6.25. The summed E-state index contributed by atoms with van der Waals surface area (Å²) in [4.78, 5) is 11.3. The highest BCUT2D eigenvalue weighted by Gasteiger charge is 2.29. The van der Waals surface area contributed by atoms with Crippen molar-refractivity contribution in [1.82, 2.24) is 4.72 Å². The van der Waals surface area contributed by atoms with Crippen molar-refractivity contribution in [3.05, 3.63) is 35.9 Å². The van der Waals surface area contributed by atoms with Crippen LogP contribution in [-0.4, -0.2) is 19.7 Å². The number of ketones is 1. The van der Waals surface area contributed by atoms with Gasteiger partial charge in [-0.1, -0.05) is 30.3 Å². The molecule has 1 N–H and O–H groups in total. The molecule has 0 aliphatic carbocycles. The zero-order valence-electron chi connectivity index (χ0n) is 10.2. The van der Waals surface area contributed by atoms with Crippen LogP contribution in [0.15, 0.2) is 30.3 Å². The second-order valence-electron chi connectivity index (χ2n) is 4.53. The molecule has 1 aromatic rings. The van der Waals surface area contributed by atoms with Crippen LogP contribution in [0.2, 0.25) is 0 Å². The van der Waals surface area contributed by atoms with E-state index in [4.69, 9.17) is 0 Å². The maximum Gasteiger partial charge on any atom is 0.216 e. The van der Waals surface area contributed by atoms with Gasteiger partial charge < -0.3 is 0 Å². The fraction of sp³-hybridized carbons (Fsp3) is 0.417. The van der Waals surface area contributed by atoms with Gasteiger partial charge in [0.15, 0.2) is 0 Å². The van der Waals surface area contributed by atoms with E-state index in [-0.39, 0.29) is 11.5 Å². The molecule has 0 aliphatic rings. The predicted octanol–water partition coefficient (Wildman–Crippen LogP) is 1.47. The highest BCUT2D eigenvalue weighted by molar-refractivity contribution is 7.88. The average Bonchev–Trinajstić information content (AvgIpc) is 2.16. The summed E-state index contributed by atoms with van der Waals surface area (Å²) in [6.45, 7) is 4.47. The van der Waals surface area contributed by atoms with Crippen molar-refractivity contribution >= 4 is 15.8 Å². The Kier molecular flexibility index (Phi) is 4.06. The molecule has 94 valence electrons. The van der Waals surface area contributed by atoms with Crippen molar-refractivity contribution in [3.63, 3.8) is 0 Å². The van der Waals surface area contributed by atoms with Crippen molar-refractivity contribution in [2.75, 3.05) is 0 Å². The third-order valence-electron chi connectivity index (χ3n) is 2.49. The molecule has 0 amide bonds. The molecule has 0 unspecified atom stereocenters. The number of nitrogens with one attached hydrogen (secondary N) is 1. The minimum Gasteiger partial charge on any atom is -0.298 e. The van der Waals surface area contributed by atoms with Gasteiger partial charge in [0.25, 0.3) is 0 Å². The normalized spacial score (nSPS) is 12.4. The molecular formula is C12H17NO3S. The zero-order valence-corrected chi connectivity index (χ0v) is 11.0. The highest BCUT2D eigenvalue weighted by atomic mass is 32.2. The van der Waals surface area contributed by atoms with Gasteiger partial charge in [-0.05, 0) is 26.3 Å². The lowest BCUT2D eigenvalue weighted by Crippen LogP contribution is -2.48. The van der Waals surface area contributed by atoms with E-state index in [9.17, 15) is 13.2 Å². The third kappa shape index (κ3) is 4.28. The maximum absolute atomic E-state index is 11.9. The summed E-state index contributed by atoms with van der Waals surface area (Å²) < 4.78 is 26.1. The van der Waals surface area contributed by atoms with Crippen LogP contribution >= 0.6 is 0 Å². The van der Waals surface area contributed by atoms with Crippen LogP contribution in [0.3, 0.4) is 0 Å². The Bertz CT molecular complexity index is 492. The predicted molar refractivity (Wildman–Crippen MR) is 67.0 cm³/mol. The highest BCUT2D eigenvalue weighted by Crippen LogP contribution is 2.10. The first-order valence-electron chi connectivity index (χ1n) is 5.29. The monoisotopic (exact) mass is 255 g/mol. The zero-order chi connectivity index (χ0) is 13.1. The Balaban J connectivity index is 2.81. The van der Waals surface area contributed by atoms with Crippen LogP contribution in [0.5, 0.6) is 0 Å². The van der Waals surface area contributed by atoms with E-state index in [0.717, 1.165) is 0 Å². The molecule has 17 heavy (non-hydrogen) atoms. The van der Waals surface area contributed by atoms with E-state index in [2.05, 4.69) is 4.72 Å². The van der Waals surface area contributed by atoms with Crippen molar-refractivity contribution in [2.45, 2.75) is 32.1 Å². The first kappa shape index (κ1) is 13.9. The summed E-state index contributed by atoms with van der Waals surface area (Å²) >= 11 is 0. The van der Waals surface area contributed by atoms with Gasteiger partial charge in [-0.3, -0.25) is 4.79 Å². The van der Waals surface area contributed by atoms with Crippen molar-refractivity contribution in [1.29, 1.82) is 0 Å². The summed E-state index contributed by atoms with van der Waals surface area (Å²) in [5.41, 5.74) is -0.368. The lowest BCUT2D eigenvalue weighted by atomic mass is 10.0. The molecule has 0 atom stereocenters. The lowest BCUT2D eigenvalue weighted by molar-refractivity contribution is -0.121. The summed E-state index contributed by atoms with van der Waals surface area (Å²) in [5, 5.41) is 0. The molecule has 5 heteroatoms. The van der Waals surface area contributed by atoms with E-state index < -0.39 is 15.6 Å². The molecule has 0 radical (unpaired) electrons. The number of carbonyl (C=O) groups excluding carboxylic acids is 1. The van der Waals surface area contributed by atoms with Gasteiger partial charge in [-0.2, -0.15) is 0 Å². The minimum absolute atomic E-state index is 0.120. The number of hydrogen-bond acceptors (Lipinski definition) is 3. The Morgan fingerprint density at radius 3 is 2.24 bits per heavy atom. The number of hydrogen-bond donors (Lipinski definition) is 1. The van der Waals surface area contributed by atoms with Gasteiger partial charge in [0.05, 0.1) is 11.3 Å². The largest absolute Gasteiger partial charge is 0.298 e. The second kappa shape index (κ2) is 4.98. The summed E-state index contributed by atoms with van der Waals surface area (Å²) in [5.74, 6) is -0.334. The van der Waals surface area contributed by atoms with Crippen LogP contribution in [0, 0.1) is 0 Å². The van der Waals surface area contributed by atoms with Gasteiger partial charge in [-0.15, -0.1) is 0 Å². The van der Waals surface area contributed by atoms with E-state index in [1.807, 2.05) is 6.07 Å². The summed E-state index contributed by atoms with van der Waals surface area (Å²) in [6.07, 6.45) is 0. The number of sulfonamides is 1. The maximum atomic E-state index is 11.9. The summed E-state index contributed by atoms with van der Waals surface area (Å²) in [7, 11) is -3.51. The smallest absolute Gasteiger partial charge is 0.216 e. The first-order chi connectivity index (χ1) is 7.73. The number of Topliss-reactive ketones (excluding diaryl/α,β-unsaturated/α-hetero) is 1. The van der Waals surface area contributed by atoms with Gasteiger partial charge >= 0.3 is 0 Å². The van der Waals surface area contributed by atoms with E-state index >= 15 is 0 Å². The fourth-order valence-corrected chi connectivity index (χ4v) is 2.92. The summed E-state index contributed by atoms with van der Waals surface area (Å²) in [6, 6.07) is 8.85. The Labute approximate surface area is 102 Å². The quantitative estimate of drug-likeness (QED) is 0.866. The van der Waals surface area contributed by atoms with Gasteiger partial charge in [-0.25, -0.2) is 13.1 Å². The Morgan fingerprint density at radius 1 is 1.24 bits per heavy atom. The molecule has 1 aromatic carbocycles. The van der Waals surface area contributed by atoms with Gasteiger partial charge in [0, 0.05) is 0 Å². The first-order valence-corrected chi connectivity index (χ1v) is 6.95. The number of benzene rings is 1. The van der Waals surface area contributed by atoms with E-state index in [1.54, 1.807) is 38.1 Å². The van der Waals surface area contributed by atoms with Crippen molar-refractivity contribution in [3.8, 4) is 0 Å². The third-order valence-corrected chi connectivity index (χ3v) is 4.03. The molecular weight excluding hydrogens is 238 g/mol. The molecule has 4 nitrogen and oxygen atoms in total. The van der Waals surface area contributed by atoms with Gasteiger partial charge in [0.1, 0.15) is 5.78 Å². The van der Waals surface area contributed by atoms with E-state index in [0.29, 0.717) is 5.56 Å². The Morgan fingerprint density at radius 2 is 1.76 bits per heavy atom. The van der Waals surface area contributed by atoms with Crippen LogP contribution in [0.1, 0.15) is 26.3 Å². The molecule has 0 aliphatic heterocycles. The topological polar surface area (TPSA) is 63.2 Å². The molecule has 0 saturated heterocycles. The molecule has 0 aromatic heterocycles.